The summed E-state index contributed by atoms with van der Waals surface area (Å²) in [5.74, 6) is 0. The first kappa shape index (κ1) is 12.8. The van der Waals surface area contributed by atoms with Crippen molar-refractivity contribution in [3.8, 4) is 5.69 Å². The molecule has 0 unspecified atom stereocenters. The number of nitro groups is 1. The molecule has 2 aromatic rings. The van der Waals surface area contributed by atoms with Crippen LogP contribution in [0.15, 0.2) is 30.5 Å². The van der Waals surface area contributed by atoms with Crippen molar-refractivity contribution in [1.82, 2.24) is 15.1 Å². The van der Waals surface area contributed by atoms with Crippen LogP contribution in [0, 0.1) is 17.0 Å². The van der Waals surface area contributed by atoms with Crippen molar-refractivity contribution in [3.05, 3.63) is 51.8 Å². The molecule has 0 amide bonds. The van der Waals surface area contributed by atoms with E-state index in [-0.39, 0.29) is 10.6 Å². The molecule has 6 nitrogen and oxygen atoms in total. The molecule has 6 heteroatoms. The quantitative estimate of drug-likeness (QED) is 0.669. The highest BCUT2D eigenvalue weighted by molar-refractivity contribution is 5.48. The van der Waals surface area contributed by atoms with Gasteiger partial charge in [0, 0.05) is 30.9 Å². The van der Waals surface area contributed by atoms with Crippen LogP contribution in [0.25, 0.3) is 5.69 Å². The first-order valence-corrected chi connectivity index (χ1v) is 6.67. The smallest absolute Gasteiger partial charge is 0.271 e. The number of nitro benzene ring substituents is 1. The summed E-state index contributed by atoms with van der Waals surface area (Å²) >= 11 is 0. The van der Waals surface area contributed by atoms with Gasteiger partial charge in [-0.1, -0.05) is 6.07 Å². The van der Waals surface area contributed by atoms with Crippen molar-refractivity contribution < 1.29 is 4.92 Å². The first-order valence-electron chi connectivity index (χ1n) is 6.67. The average Bonchev–Trinajstić information content (AvgIpc) is 3.14. The van der Waals surface area contributed by atoms with E-state index in [2.05, 4.69) is 10.4 Å². The molecule has 1 N–H and O–H groups in total. The normalized spacial score (nSPS) is 14.4. The maximum Gasteiger partial charge on any atom is 0.271 e. The summed E-state index contributed by atoms with van der Waals surface area (Å²) in [7, 11) is 0. The third-order valence-corrected chi connectivity index (χ3v) is 3.44. The molecule has 3 rings (SSSR count). The fourth-order valence-electron chi connectivity index (χ4n) is 2.08. The van der Waals surface area contributed by atoms with Gasteiger partial charge >= 0.3 is 0 Å². The second kappa shape index (κ2) is 5.05. The van der Waals surface area contributed by atoms with Crippen molar-refractivity contribution in [3.63, 3.8) is 0 Å². The second-order valence-electron chi connectivity index (χ2n) is 5.13. The van der Waals surface area contributed by atoms with Gasteiger partial charge in [-0.25, -0.2) is 4.68 Å². The van der Waals surface area contributed by atoms with E-state index in [0.717, 1.165) is 23.5 Å². The molecule has 1 aromatic heterocycles. The molecule has 0 bridgehead atoms. The van der Waals surface area contributed by atoms with E-state index in [9.17, 15) is 10.1 Å². The summed E-state index contributed by atoms with van der Waals surface area (Å²) in [6.07, 6.45) is 4.32. The van der Waals surface area contributed by atoms with Crippen LogP contribution in [0.5, 0.6) is 0 Å². The molecular weight excluding hydrogens is 256 g/mol. The number of benzene rings is 1. The van der Waals surface area contributed by atoms with Crippen molar-refractivity contribution in [2.24, 2.45) is 0 Å². The van der Waals surface area contributed by atoms with E-state index < -0.39 is 0 Å². The summed E-state index contributed by atoms with van der Waals surface area (Å²) in [4.78, 5) is 10.5. The van der Waals surface area contributed by atoms with Gasteiger partial charge in [-0.15, -0.1) is 0 Å². The Hall–Kier alpha value is -2.21. The lowest BCUT2D eigenvalue weighted by molar-refractivity contribution is -0.384. The zero-order valence-corrected chi connectivity index (χ0v) is 11.2. The molecule has 1 heterocycles. The zero-order valence-electron chi connectivity index (χ0n) is 11.2. The minimum Gasteiger partial charge on any atom is -0.308 e. The summed E-state index contributed by atoms with van der Waals surface area (Å²) in [6.45, 7) is 2.66. The Bertz CT molecular complexity index is 646. The number of rotatable bonds is 5. The summed E-state index contributed by atoms with van der Waals surface area (Å²) in [5.41, 5.74) is 2.74. The number of hydrogen-bond acceptors (Lipinski definition) is 4. The molecule has 0 spiro atoms. The fourth-order valence-corrected chi connectivity index (χ4v) is 2.08. The summed E-state index contributed by atoms with van der Waals surface area (Å²) in [5, 5.41) is 18.7. The van der Waals surface area contributed by atoms with Crippen LogP contribution in [0.3, 0.4) is 0 Å². The third kappa shape index (κ3) is 2.70. The molecule has 1 aliphatic carbocycles. The number of aromatic nitrogens is 2. The molecule has 0 saturated heterocycles. The van der Waals surface area contributed by atoms with Crippen molar-refractivity contribution in [1.29, 1.82) is 0 Å². The first-order chi connectivity index (χ1) is 9.63. The topological polar surface area (TPSA) is 73.0 Å². The van der Waals surface area contributed by atoms with Gasteiger partial charge in [0.1, 0.15) is 0 Å². The van der Waals surface area contributed by atoms with Crippen LogP contribution in [-0.2, 0) is 6.54 Å². The van der Waals surface area contributed by atoms with Crippen LogP contribution in [0.1, 0.15) is 24.1 Å². The molecule has 1 saturated carbocycles. The van der Waals surface area contributed by atoms with Gasteiger partial charge in [0.25, 0.3) is 5.69 Å². The molecule has 0 radical (unpaired) electrons. The highest BCUT2D eigenvalue weighted by Crippen LogP contribution is 2.21. The van der Waals surface area contributed by atoms with Crippen molar-refractivity contribution >= 4 is 5.69 Å². The molecule has 1 fully saturated rings. The summed E-state index contributed by atoms with van der Waals surface area (Å²) < 4.78 is 1.70. The lowest BCUT2D eigenvalue weighted by Crippen LogP contribution is -2.15. The van der Waals surface area contributed by atoms with Crippen molar-refractivity contribution in [2.75, 3.05) is 0 Å². The Morgan fingerprint density at radius 2 is 2.25 bits per heavy atom. The monoisotopic (exact) mass is 272 g/mol. The predicted molar refractivity (Wildman–Crippen MR) is 74.8 cm³/mol. The number of aryl methyl sites for hydroxylation is 1. The van der Waals surface area contributed by atoms with Gasteiger partial charge in [-0.3, -0.25) is 10.1 Å². The van der Waals surface area contributed by atoms with Gasteiger partial charge < -0.3 is 5.32 Å². The van der Waals surface area contributed by atoms with Crippen LogP contribution in [0.2, 0.25) is 0 Å². The fraction of sp³-hybridized carbons (Fsp3) is 0.357. The van der Waals surface area contributed by atoms with Gasteiger partial charge in [0.05, 0.1) is 16.3 Å². The van der Waals surface area contributed by atoms with Gasteiger partial charge in [0.2, 0.25) is 0 Å². The maximum atomic E-state index is 10.9. The SMILES string of the molecule is Cc1ccc([N+](=O)[O-])cc1-n1ccc(CNC2CC2)n1. The Kier molecular flexibility index (Phi) is 3.23. The van der Waals surface area contributed by atoms with Crippen LogP contribution >= 0.6 is 0 Å². The van der Waals surface area contributed by atoms with Crippen LogP contribution < -0.4 is 5.32 Å². The largest absolute Gasteiger partial charge is 0.308 e. The average molecular weight is 272 g/mol. The number of nitrogens with zero attached hydrogens (tertiary/aromatic N) is 3. The Morgan fingerprint density at radius 3 is 2.95 bits per heavy atom. The number of non-ortho nitro benzene ring substituents is 1. The molecule has 0 aliphatic heterocycles. The van der Waals surface area contributed by atoms with E-state index >= 15 is 0 Å². The molecular formula is C14H16N4O2. The molecule has 1 aliphatic rings. The minimum atomic E-state index is -0.387. The predicted octanol–water partition coefficient (Wildman–Crippen LogP) is 2.34. The standard InChI is InChI=1S/C14H16N4O2/c1-10-2-5-13(18(19)20)8-14(10)17-7-6-12(16-17)9-15-11-3-4-11/h2,5-8,11,15H,3-4,9H2,1H3. The molecule has 0 atom stereocenters. The van der Waals surface area contributed by atoms with Gasteiger partial charge in [-0.2, -0.15) is 5.10 Å². The van der Waals surface area contributed by atoms with E-state index in [1.54, 1.807) is 16.8 Å². The molecule has 104 valence electrons. The maximum absolute atomic E-state index is 10.9. The van der Waals surface area contributed by atoms with Gasteiger partial charge in [0.15, 0.2) is 0 Å². The minimum absolute atomic E-state index is 0.0822. The van der Waals surface area contributed by atoms with Gasteiger partial charge in [-0.05, 0) is 31.4 Å². The second-order valence-corrected chi connectivity index (χ2v) is 5.13. The Labute approximate surface area is 116 Å². The number of nitrogens with one attached hydrogen (secondary N) is 1. The third-order valence-electron chi connectivity index (χ3n) is 3.44. The molecule has 1 aromatic carbocycles. The Balaban J connectivity index is 1.83. The van der Waals surface area contributed by atoms with E-state index in [1.807, 2.05) is 19.2 Å². The summed E-state index contributed by atoms with van der Waals surface area (Å²) in [6, 6.07) is 7.39. The van der Waals surface area contributed by atoms with E-state index in [1.165, 1.54) is 18.9 Å². The highest BCUT2D eigenvalue weighted by atomic mass is 16.6. The molecule has 20 heavy (non-hydrogen) atoms. The number of hydrogen-bond donors (Lipinski definition) is 1. The van der Waals surface area contributed by atoms with Crippen LogP contribution in [-0.4, -0.2) is 20.7 Å². The van der Waals surface area contributed by atoms with Crippen molar-refractivity contribution in [2.45, 2.75) is 32.4 Å². The highest BCUT2D eigenvalue weighted by Gasteiger charge is 2.20. The lowest BCUT2D eigenvalue weighted by atomic mass is 10.2. The van der Waals surface area contributed by atoms with E-state index in [0.29, 0.717) is 6.04 Å². The zero-order chi connectivity index (χ0) is 14.1. The lowest BCUT2D eigenvalue weighted by Gasteiger charge is -2.05. The van der Waals surface area contributed by atoms with E-state index in [4.69, 9.17) is 0 Å². The van der Waals surface area contributed by atoms with Crippen LogP contribution in [0.4, 0.5) is 5.69 Å². The Morgan fingerprint density at radius 1 is 1.45 bits per heavy atom.